The number of hydrogen-bond acceptors (Lipinski definition) is 7. The van der Waals surface area contributed by atoms with E-state index in [4.69, 9.17) is 4.74 Å². The number of halogens is 4. The molecule has 2 aliphatic heterocycles. The lowest BCUT2D eigenvalue weighted by Gasteiger charge is -2.36. The molecule has 0 spiro atoms. The monoisotopic (exact) mass is 485 g/mol. The first-order valence-electron chi connectivity index (χ1n) is 9.83. The van der Waals surface area contributed by atoms with E-state index in [9.17, 15) is 36.0 Å². The lowest BCUT2D eigenvalue weighted by molar-refractivity contribution is -0.253. The molecule has 2 aliphatic rings. The highest BCUT2D eigenvalue weighted by Gasteiger charge is 2.44. The SMILES string of the molecule is O=C(C1CCOCC1)N(O)S(=O)(=O)N1CCN(c2ccc(OC(F)(F)C(F)F)cc2)CC1. The second-order valence-corrected chi connectivity index (χ2v) is 9.08. The highest BCUT2D eigenvalue weighted by Crippen LogP contribution is 2.29. The summed E-state index contributed by atoms with van der Waals surface area (Å²) < 4.78 is 85.6. The van der Waals surface area contributed by atoms with Crippen LogP contribution >= 0.6 is 0 Å². The summed E-state index contributed by atoms with van der Waals surface area (Å²) >= 11 is 0. The van der Waals surface area contributed by atoms with Crippen LogP contribution in [0.4, 0.5) is 23.2 Å². The molecule has 2 heterocycles. The number of nitrogens with zero attached hydrogens (tertiary/aromatic N) is 3. The largest absolute Gasteiger partial charge is 0.461 e. The Kier molecular flexibility index (Phi) is 7.47. The summed E-state index contributed by atoms with van der Waals surface area (Å²) in [6.07, 6.45) is -7.94. The van der Waals surface area contributed by atoms with E-state index in [1.54, 1.807) is 4.90 Å². The third-order valence-corrected chi connectivity index (χ3v) is 6.89. The molecule has 180 valence electrons. The third-order valence-electron chi connectivity index (χ3n) is 5.25. The van der Waals surface area contributed by atoms with Gasteiger partial charge >= 0.3 is 22.7 Å². The summed E-state index contributed by atoms with van der Waals surface area (Å²) in [4.78, 5) is 14.1. The zero-order valence-electron chi connectivity index (χ0n) is 16.9. The molecule has 0 unspecified atom stereocenters. The molecule has 0 radical (unpaired) electrons. The Labute approximate surface area is 182 Å². The van der Waals surface area contributed by atoms with Gasteiger partial charge in [-0.3, -0.25) is 10.0 Å². The van der Waals surface area contributed by atoms with Gasteiger partial charge in [-0.1, -0.05) is 4.47 Å². The van der Waals surface area contributed by atoms with Crippen molar-refractivity contribution in [3.63, 3.8) is 0 Å². The maximum absolute atomic E-state index is 13.0. The molecule has 0 aromatic heterocycles. The number of carbonyl (C=O) groups is 1. The van der Waals surface area contributed by atoms with E-state index < -0.39 is 40.3 Å². The zero-order valence-corrected chi connectivity index (χ0v) is 17.7. The Balaban J connectivity index is 1.57. The van der Waals surface area contributed by atoms with Crippen LogP contribution in [0.25, 0.3) is 0 Å². The lowest BCUT2D eigenvalue weighted by Crippen LogP contribution is -2.54. The summed E-state index contributed by atoms with van der Waals surface area (Å²) in [6.45, 7) is 0.918. The molecule has 1 aromatic rings. The Morgan fingerprint density at radius 2 is 1.69 bits per heavy atom. The van der Waals surface area contributed by atoms with Crippen LogP contribution in [0.3, 0.4) is 0 Å². The quantitative estimate of drug-likeness (QED) is 0.358. The molecular weight excluding hydrogens is 462 g/mol. The van der Waals surface area contributed by atoms with E-state index >= 15 is 0 Å². The number of piperazine rings is 1. The molecule has 2 saturated heterocycles. The molecule has 2 fully saturated rings. The van der Waals surface area contributed by atoms with Gasteiger partial charge in [0.1, 0.15) is 5.75 Å². The van der Waals surface area contributed by atoms with Crippen molar-refractivity contribution in [2.45, 2.75) is 25.4 Å². The second-order valence-electron chi connectivity index (χ2n) is 7.32. The molecule has 32 heavy (non-hydrogen) atoms. The van der Waals surface area contributed by atoms with Gasteiger partial charge in [0.05, 0.1) is 0 Å². The normalized spacial score (nSPS) is 19.2. The molecule has 0 bridgehead atoms. The maximum atomic E-state index is 13.0. The number of hydrogen-bond donors (Lipinski definition) is 1. The van der Waals surface area contributed by atoms with E-state index in [-0.39, 0.29) is 30.6 Å². The van der Waals surface area contributed by atoms with Crippen LogP contribution in [-0.2, 0) is 19.7 Å². The van der Waals surface area contributed by atoms with Gasteiger partial charge in [0.25, 0.3) is 5.91 Å². The number of rotatable bonds is 7. The predicted octanol–water partition coefficient (Wildman–Crippen LogP) is 1.93. The first-order chi connectivity index (χ1) is 15.0. The number of amides is 1. The number of benzene rings is 1. The van der Waals surface area contributed by atoms with Crippen LogP contribution in [0.2, 0.25) is 0 Å². The predicted molar refractivity (Wildman–Crippen MR) is 103 cm³/mol. The Bertz CT molecular complexity index is 888. The minimum atomic E-state index is -4.61. The van der Waals surface area contributed by atoms with Crippen LogP contribution in [-0.4, -0.2) is 80.2 Å². The number of ether oxygens (including phenoxy) is 2. The average Bonchev–Trinajstić information content (AvgIpc) is 2.79. The van der Waals surface area contributed by atoms with Gasteiger partial charge in [-0.25, -0.2) is 0 Å². The third kappa shape index (κ3) is 5.42. The standard InChI is InChI=1S/C18H23F4N3O6S/c19-17(20)18(21,22)31-15-3-1-14(2-4-15)23-7-9-24(10-8-23)32(28,29)25(27)16(26)13-5-11-30-12-6-13/h1-4,13,17,27H,5-12H2. The van der Waals surface area contributed by atoms with E-state index in [1.807, 2.05) is 0 Å². The fourth-order valence-corrected chi connectivity index (χ4v) is 4.65. The summed E-state index contributed by atoms with van der Waals surface area (Å²) in [5.41, 5.74) is 0.536. The topological polar surface area (TPSA) is 99.6 Å². The van der Waals surface area contributed by atoms with Gasteiger partial charge < -0.3 is 14.4 Å². The Hall–Kier alpha value is -2.16. The zero-order chi connectivity index (χ0) is 23.5. The second kappa shape index (κ2) is 9.77. The summed E-state index contributed by atoms with van der Waals surface area (Å²) in [7, 11) is -4.42. The first-order valence-corrected chi connectivity index (χ1v) is 11.2. The van der Waals surface area contributed by atoms with Crippen molar-refractivity contribution in [1.82, 2.24) is 8.77 Å². The fraction of sp³-hybridized carbons (Fsp3) is 0.611. The van der Waals surface area contributed by atoms with E-state index in [1.165, 1.54) is 12.1 Å². The Morgan fingerprint density at radius 3 is 2.22 bits per heavy atom. The molecule has 0 atom stereocenters. The first kappa shape index (κ1) is 24.5. The molecule has 1 amide bonds. The van der Waals surface area contributed by atoms with Crippen LogP contribution < -0.4 is 9.64 Å². The number of alkyl halides is 4. The van der Waals surface area contributed by atoms with Crippen molar-refractivity contribution in [2.75, 3.05) is 44.3 Å². The summed E-state index contributed by atoms with van der Waals surface area (Å²) in [6, 6.07) is 4.98. The Morgan fingerprint density at radius 1 is 1.12 bits per heavy atom. The molecule has 14 heteroatoms. The average molecular weight is 485 g/mol. The van der Waals surface area contributed by atoms with Crippen LogP contribution in [0, 0.1) is 5.92 Å². The van der Waals surface area contributed by atoms with Crippen molar-refractivity contribution in [3.8, 4) is 5.75 Å². The highest BCUT2D eigenvalue weighted by atomic mass is 32.2. The molecule has 1 aromatic carbocycles. The van der Waals surface area contributed by atoms with Gasteiger partial charge in [0.2, 0.25) is 0 Å². The van der Waals surface area contributed by atoms with Crippen molar-refractivity contribution < 1.29 is 45.5 Å². The molecule has 3 rings (SSSR count). The molecule has 9 nitrogen and oxygen atoms in total. The highest BCUT2D eigenvalue weighted by molar-refractivity contribution is 7.87. The summed E-state index contributed by atoms with van der Waals surface area (Å²) in [5.74, 6) is -1.97. The van der Waals surface area contributed by atoms with Crippen molar-refractivity contribution >= 4 is 21.8 Å². The maximum Gasteiger partial charge on any atom is 0.461 e. The van der Waals surface area contributed by atoms with Crippen molar-refractivity contribution in [1.29, 1.82) is 0 Å². The van der Waals surface area contributed by atoms with Gasteiger partial charge in [0.15, 0.2) is 0 Å². The number of carbonyl (C=O) groups excluding carboxylic acids is 1. The molecule has 0 aliphatic carbocycles. The number of anilines is 1. The van der Waals surface area contributed by atoms with Crippen molar-refractivity contribution in [3.05, 3.63) is 24.3 Å². The van der Waals surface area contributed by atoms with Gasteiger partial charge in [0, 0.05) is 51.0 Å². The van der Waals surface area contributed by atoms with Gasteiger partial charge in [-0.2, -0.15) is 30.3 Å². The van der Waals surface area contributed by atoms with Crippen molar-refractivity contribution in [2.24, 2.45) is 5.92 Å². The smallest absolute Gasteiger partial charge is 0.428 e. The molecule has 0 saturated carbocycles. The van der Waals surface area contributed by atoms with Crippen LogP contribution in [0.5, 0.6) is 5.75 Å². The van der Waals surface area contributed by atoms with E-state index in [0.717, 1.165) is 16.4 Å². The lowest BCUT2D eigenvalue weighted by atomic mass is 10.00. The van der Waals surface area contributed by atoms with E-state index in [2.05, 4.69) is 4.74 Å². The molecular formula is C18H23F4N3O6S. The molecule has 1 N–H and O–H groups in total. The van der Waals surface area contributed by atoms with Crippen LogP contribution in [0.1, 0.15) is 12.8 Å². The number of hydroxylamine groups is 1. The van der Waals surface area contributed by atoms with Crippen LogP contribution in [0.15, 0.2) is 24.3 Å². The minimum Gasteiger partial charge on any atom is -0.428 e. The summed E-state index contributed by atoms with van der Waals surface area (Å²) in [5, 5.41) is 10.1. The van der Waals surface area contributed by atoms with Gasteiger partial charge in [-0.05, 0) is 37.1 Å². The van der Waals surface area contributed by atoms with E-state index in [0.29, 0.717) is 31.7 Å². The fourth-order valence-electron chi connectivity index (χ4n) is 3.43. The minimum absolute atomic E-state index is 0.0395. The van der Waals surface area contributed by atoms with Gasteiger partial charge in [-0.15, -0.1) is 0 Å².